The van der Waals surface area contributed by atoms with Crippen LogP contribution >= 0.6 is 0 Å². The Morgan fingerprint density at radius 2 is 1.58 bits per heavy atom. The average Bonchev–Trinajstić information content (AvgIpc) is 2.76. The third-order valence-electron chi connectivity index (χ3n) is 4.65. The summed E-state index contributed by atoms with van der Waals surface area (Å²) >= 11 is 0. The van der Waals surface area contributed by atoms with E-state index in [2.05, 4.69) is 10.6 Å². The fourth-order valence-electron chi connectivity index (χ4n) is 2.93. The first kappa shape index (κ1) is 23.4. The van der Waals surface area contributed by atoms with E-state index in [1.54, 1.807) is 43.3 Å². The summed E-state index contributed by atoms with van der Waals surface area (Å²) < 4.78 is 5.20. The number of aliphatic carboxylic acids is 1. The molecule has 0 aliphatic rings. The van der Waals surface area contributed by atoms with Crippen LogP contribution in [-0.4, -0.2) is 35.2 Å². The molecule has 0 saturated heterocycles. The maximum absolute atomic E-state index is 12.9. The first-order valence-electron chi connectivity index (χ1n) is 9.82. The van der Waals surface area contributed by atoms with Gasteiger partial charge >= 0.3 is 12.1 Å². The molecule has 0 spiro atoms. The van der Waals surface area contributed by atoms with Crippen molar-refractivity contribution in [1.82, 2.24) is 10.6 Å². The maximum Gasteiger partial charge on any atom is 0.408 e. The zero-order valence-electron chi connectivity index (χ0n) is 17.2. The summed E-state index contributed by atoms with van der Waals surface area (Å²) in [6, 6.07) is 17.7. The number of carbonyl (C=O) groups is 3. The average molecular weight is 423 g/mol. The fraction of sp³-hybridized carbons (Fsp3) is 0.304. The molecule has 0 aliphatic heterocycles. The number of amides is 2. The smallest absolute Gasteiger partial charge is 0.408 e. The number of nitrogens with one attached hydrogen (secondary N) is 2. The van der Waals surface area contributed by atoms with Gasteiger partial charge in [0.05, 0.1) is 6.07 Å². The molecule has 0 aliphatic carbocycles. The van der Waals surface area contributed by atoms with Gasteiger partial charge < -0.3 is 20.5 Å². The van der Waals surface area contributed by atoms with Crippen LogP contribution < -0.4 is 10.6 Å². The van der Waals surface area contributed by atoms with Crippen LogP contribution in [0.5, 0.6) is 0 Å². The van der Waals surface area contributed by atoms with Crippen molar-refractivity contribution >= 4 is 18.0 Å². The third-order valence-corrected chi connectivity index (χ3v) is 4.65. The van der Waals surface area contributed by atoms with Crippen molar-refractivity contribution in [3.05, 3.63) is 71.8 Å². The second-order valence-electron chi connectivity index (χ2n) is 7.11. The first-order chi connectivity index (χ1) is 14.9. The van der Waals surface area contributed by atoms with Crippen LogP contribution in [0.2, 0.25) is 0 Å². The van der Waals surface area contributed by atoms with Gasteiger partial charge in [0.25, 0.3) is 0 Å². The number of hydrogen-bond donors (Lipinski definition) is 3. The van der Waals surface area contributed by atoms with Crippen molar-refractivity contribution in [2.75, 3.05) is 0 Å². The van der Waals surface area contributed by atoms with E-state index in [1.807, 2.05) is 30.3 Å². The highest BCUT2D eigenvalue weighted by molar-refractivity contribution is 5.89. The molecule has 0 fully saturated rings. The molecule has 0 saturated carbocycles. The van der Waals surface area contributed by atoms with Crippen molar-refractivity contribution in [3.63, 3.8) is 0 Å². The van der Waals surface area contributed by atoms with E-state index < -0.39 is 36.0 Å². The Labute approximate surface area is 180 Å². The van der Waals surface area contributed by atoms with E-state index >= 15 is 0 Å². The summed E-state index contributed by atoms with van der Waals surface area (Å²) in [6.45, 7) is 1.60. The van der Waals surface area contributed by atoms with Crippen LogP contribution in [-0.2, 0) is 27.4 Å². The molecule has 3 N–H and O–H groups in total. The Bertz CT molecular complexity index is 912. The number of alkyl carbamates (subject to hydrolysis) is 1. The molecular formula is C23H25N3O5. The van der Waals surface area contributed by atoms with Gasteiger partial charge in [-0.3, -0.25) is 4.79 Å². The molecule has 0 heterocycles. The molecular weight excluding hydrogens is 398 g/mol. The molecule has 2 rings (SSSR count). The van der Waals surface area contributed by atoms with Crippen molar-refractivity contribution in [1.29, 1.82) is 5.26 Å². The molecule has 2 aromatic rings. The molecule has 8 heteroatoms. The lowest BCUT2D eigenvalue weighted by Gasteiger charge is -2.24. The summed E-state index contributed by atoms with van der Waals surface area (Å²) in [5.74, 6) is -2.52. The van der Waals surface area contributed by atoms with Crippen molar-refractivity contribution in [2.45, 2.75) is 38.5 Å². The van der Waals surface area contributed by atoms with Crippen LogP contribution in [0.1, 0.15) is 24.5 Å². The van der Waals surface area contributed by atoms with Gasteiger partial charge in [0, 0.05) is 18.8 Å². The minimum atomic E-state index is -1.26. The minimum Gasteiger partial charge on any atom is -0.480 e. The Morgan fingerprint density at radius 3 is 2.13 bits per heavy atom. The highest BCUT2D eigenvalue weighted by Crippen LogP contribution is 2.10. The number of carbonyl (C=O) groups excluding carboxylic acids is 2. The number of carboxylic acids is 1. The maximum atomic E-state index is 12.9. The summed E-state index contributed by atoms with van der Waals surface area (Å²) in [7, 11) is 0. The predicted octanol–water partition coefficient (Wildman–Crippen LogP) is 2.64. The molecule has 0 bridgehead atoms. The van der Waals surface area contributed by atoms with E-state index in [-0.39, 0.29) is 19.4 Å². The van der Waals surface area contributed by atoms with Crippen LogP contribution in [0, 0.1) is 17.2 Å². The van der Waals surface area contributed by atoms with Crippen LogP contribution in [0.3, 0.4) is 0 Å². The molecule has 162 valence electrons. The zero-order chi connectivity index (χ0) is 22.6. The summed E-state index contributed by atoms with van der Waals surface area (Å²) in [4.78, 5) is 36.7. The van der Waals surface area contributed by atoms with Gasteiger partial charge in [0.2, 0.25) is 5.91 Å². The Hall–Kier alpha value is -3.86. The third kappa shape index (κ3) is 7.82. The van der Waals surface area contributed by atoms with E-state index in [9.17, 15) is 19.5 Å². The van der Waals surface area contributed by atoms with Crippen molar-refractivity contribution < 1.29 is 24.2 Å². The number of hydrogen-bond acceptors (Lipinski definition) is 5. The van der Waals surface area contributed by atoms with Gasteiger partial charge in [0.1, 0.15) is 18.7 Å². The Kier molecular flexibility index (Phi) is 9.05. The summed E-state index contributed by atoms with van der Waals surface area (Å²) in [5, 5.41) is 23.3. The van der Waals surface area contributed by atoms with Crippen LogP contribution in [0.15, 0.2) is 60.7 Å². The summed E-state index contributed by atoms with van der Waals surface area (Å²) in [5.41, 5.74) is 1.57. The van der Waals surface area contributed by atoms with Gasteiger partial charge in [-0.05, 0) is 11.1 Å². The number of nitrogens with zero attached hydrogens (tertiary/aromatic N) is 1. The number of nitriles is 1. The topological polar surface area (TPSA) is 129 Å². The largest absolute Gasteiger partial charge is 0.480 e. The number of benzene rings is 2. The monoisotopic (exact) mass is 423 g/mol. The standard InChI is InChI=1S/C23H25N3O5/c1-16(12-13-24)20(22(28)29)26-21(27)19(14-17-8-4-2-5-9-17)25-23(30)31-15-18-10-6-3-7-11-18/h2-11,16,19-20H,12,14-15H2,1H3,(H,25,30)(H,26,27)(H,28,29)/t16-,19+,20-/m0/s1. The van der Waals surface area contributed by atoms with Crippen molar-refractivity contribution in [3.8, 4) is 6.07 Å². The van der Waals surface area contributed by atoms with Crippen molar-refractivity contribution in [2.24, 2.45) is 5.92 Å². The highest BCUT2D eigenvalue weighted by atomic mass is 16.5. The molecule has 2 aromatic carbocycles. The molecule has 31 heavy (non-hydrogen) atoms. The lowest BCUT2D eigenvalue weighted by molar-refractivity contribution is -0.143. The molecule has 3 atom stereocenters. The van der Waals surface area contributed by atoms with Crippen LogP contribution in [0.4, 0.5) is 4.79 Å². The highest BCUT2D eigenvalue weighted by Gasteiger charge is 2.30. The SMILES string of the molecule is C[C@@H](CC#N)[C@H](NC(=O)[C@@H](Cc1ccccc1)NC(=O)OCc1ccccc1)C(=O)O. The van der Waals surface area contributed by atoms with Gasteiger partial charge in [-0.1, -0.05) is 67.6 Å². The quantitative estimate of drug-likeness (QED) is 0.539. The fourth-order valence-corrected chi connectivity index (χ4v) is 2.93. The molecule has 8 nitrogen and oxygen atoms in total. The second-order valence-corrected chi connectivity index (χ2v) is 7.11. The lowest BCUT2D eigenvalue weighted by Crippen LogP contribution is -2.54. The van der Waals surface area contributed by atoms with E-state index in [0.717, 1.165) is 11.1 Å². The van der Waals surface area contributed by atoms with E-state index in [4.69, 9.17) is 10.00 Å². The van der Waals surface area contributed by atoms with Gasteiger partial charge in [-0.25, -0.2) is 9.59 Å². The van der Waals surface area contributed by atoms with Crippen LogP contribution in [0.25, 0.3) is 0 Å². The molecule has 0 aromatic heterocycles. The molecule has 2 amide bonds. The zero-order valence-corrected chi connectivity index (χ0v) is 17.2. The van der Waals surface area contributed by atoms with E-state index in [1.165, 1.54) is 0 Å². The van der Waals surface area contributed by atoms with Gasteiger partial charge in [-0.2, -0.15) is 5.26 Å². The van der Waals surface area contributed by atoms with Gasteiger partial charge in [-0.15, -0.1) is 0 Å². The molecule has 0 radical (unpaired) electrons. The summed E-state index contributed by atoms with van der Waals surface area (Å²) in [6.07, 6.45) is -0.684. The lowest BCUT2D eigenvalue weighted by atomic mass is 9.98. The number of carboxylic acid groups (broad SMARTS) is 1. The van der Waals surface area contributed by atoms with E-state index in [0.29, 0.717) is 0 Å². The predicted molar refractivity (Wildman–Crippen MR) is 113 cm³/mol. The number of rotatable bonds is 10. The Balaban J connectivity index is 2.09. The minimum absolute atomic E-state index is 0.0311. The number of ether oxygens (including phenoxy) is 1. The first-order valence-corrected chi connectivity index (χ1v) is 9.82. The van der Waals surface area contributed by atoms with Gasteiger partial charge in [0.15, 0.2) is 0 Å². The second kappa shape index (κ2) is 12.0. The normalized spacial score (nSPS) is 13.2. The molecule has 0 unspecified atom stereocenters. The Morgan fingerprint density at radius 1 is 1.00 bits per heavy atom.